The average molecular weight is 507 g/mol. The van der Waals surface area contributed by atoms with Crippen molar-refractivity contribution in [2.24, 2.45) is 0 Å². The van der Waals surface area contributed by atoms with E-state index in [1.54, 1.807) is 6.07 Å². The number of halogens is 2. The quantitative estimate of drug-likeness (QED) is 0.348. The second kappa shape index (κ2) is 10.4. The zero-order valence-electron chi connectivity index (χ0n) is 21.7. The number of hydrogen-bond acceptors (Lipinski definition) is 6. The van der Waals surface area contributed by atoms with Crippen molar-refractivity contribution in [3.63, 3.8) is 0 Å². The van der Waals surface area contributed by atoms with Crippen LogP contribution in [0.4, 0.5) is 14.6 Å². The van der Waals surface area contributed by atoms with E-state index in [1.807, 2.05) is 38.4 Å². The lowest BCUT2D eigenvalue weighted by molar-refractivity contribution is 0.142. The predicted molar refractivity (Wildman–Crippen MR) is 141 cm³/mol. The van der Waals surface area contributed by atoms with Gasteiger partial charge in [0.15, 0.2) is 5.82 Å². The number of hydrogen-bond donors (Lipinski definition) is 1. The summed E-state index contributed by atoms with van der Waals surface area (Å²) in [6.07, 6.45) is -0.704. The van der Waals surface area contributed by atoms with E-state index in [-0.39, 0.29) is 5.82 Å². The molecule has 4 aromatic rings. The molecule has 2 aromatic carbocycles. The van der Waals surface area contributed by atoms with Crippen molar-refractivity contribution in [1.82, 2.24) is 24.8 Å². The first kappa shape index (κ1) is 25.1. The molecule has 0 spiro atoms. The standard InChI is InChI=1S/C28H32F2N6O/c1-5-6-21-17(2)31-25(16-35(3)4)34-28(21)36-11-12-37-24-10-8-18(13-20(24)15-36)19-7-9-22-23(14-19)33-27(32-22)26(29)30/h7-10,13-14,26H,5-6,11-12,15-16H2,1-4H3,(H,32,33). The number of benzene rings is 2. The Morgan fingerprint density at radius 1 is 1.08 bits per heavy atom. The summed E-state index contributed by atoms with van der Waals surface area (Å²) in [5, 5.41) is 0. The van der Waals surface area contributed by atoms with Crippen molar-refractivity contribution >= 4 is 16.9 Å². The molecule has 7 nitrogen and oxygen atoms in total. The highest BCUT2D eigenvalue weighted by atomic mass is 19.3. The molecular formula is C28H32F2N6O. The van der Waals surface area contributed by atoms with E-state index in [0.717, 1.165) is 59.2 Å². The molecule has 5 rings (SSSR count). The Kier molecular flexibility index (Phi) is 7.06. The minimum atomic E-state index is -2.63. The van der Waals surface area contributed by atoms with Crippen LogP contribution in [0.1, 0.15) is 48.2 Å². The molecule has 0 radical (unpaired) electrons. The zero-order valence-corrected chi connectivity index (χ0v) is 21.7. The van der Waals surface area contributed by atoms with Gasteiger partial charge in [0.1, 0.15) is 24.0 Å². The van der Waals surface area contributed by atoms with Gasteiger partial charge in [-0.05, 0) is 62.8 Å². The highest BCUT2D eigenvalue weighted by molar-refractivity contribution is 5.82. The summed E-state index contributed by atoms with van der Waals surface area (Å²) >= 11 is 0. The number of aromatic amines is 1. The molecule has 9 heteroatoms. The molecule has 1 aliphatic heterocycles. The molecule has 1 N–H and O–H groups in total. The van der Waals surface area contributed by atoms with E-state index in [9.17, 15) is 8.78 Å². The maximum absolute atomic E-state index is 13.1. The van der Waals surface area contributed by atoms with E-state index in [2.05, 4.69) is 39.7 Å². The predicted octanol–water partition coefficient (Wildman–Crippen LogP) is 5.68. The van der Waals surface area contributed by atoms with E-state index < -0.39 is 6.43 Å². The topological polar surface area (TPSA) is 70.2 Å². The highest BCUT2D eigenvalue weighted by Crippen LogP contribution is 2.33. The van der Waals surface area contributed by atoms with Crippen LogP contribution < -0.4 is 9.64 Å². The number of nitrogens with one attached hydrogen (secondary N) is 1. The molecule has 0 amide bonds. The summed E-state index contributed by atoms with van der Waals surface area (Å²) in [5.74, 6) is 2.33. The van der Waals surface area contributed by atoms with Crippen molar-refractivity contribution < 1.29 is 13.5 Å². The van der Waals surface area contributed by atoms with Crippen molar-refractivity contribution in [2.75, 3.05) is 32.1 Å². The van der Waals surface area contributed by atoms with Gasteiger partial charge in [-0.3, -0.25) is 0 Å². The second-order valence-corrected chi connectivity index (χ2v) is 9.76. The number of rotatable bonds is 7. The molecule has 1 aliphatic rings. The Bertz CT molecular complexity index is 1420. The van der Waals surface area contributed by atoms with Gasteiger partial charge in [0, 0.05) is 23.4 Å². The lowest BCUT2D eigenvalue weighted by Gasteiger charge is -2.25. The fourth-order valence-corrected chi connectivity index (χ4v) is 4.86. The molecule has 0 saturated heterocycles. The molecule has 0 atom stereocenters. The summed E-state index contributed by atoms with van der Waals surface area (Å²) in [6, 6.07) is 11.7. The Morgan fingerprint density at radius 3 is 2.62 bits per heavy atom. The fraction of sp³-hybridized carbons (Fsp3) is 0.393. The average Bonchev–Trinajstić information content (AvgIpc) is 3.18. The van der Waals surface area contributed by atoms with Gasteiger partial charge in [-0.1, -0.05) is 25.5 Å². The van der Waals surface area contributed by atoms with E-state index >= 15 is 0 Å². The summed E-state index contributed by atoms with van der Waals surface area (Å²) in [5.41, 5.74) is 6.30. The maximum Gasteiger partial charge on any atom is 0.295 e. The van der Waals surface area contributed by atoms with Crippen LogP contribution in [0.5, 0.6) is 5.75 Å². The van der Waals surface area contributed by atoms with Gasteiger partial charge in [0.05, 0.1) is 24.1 Å². The molecule has 194 valence electrons. The third-order valence-corrected chi connectivity index (χ3v) is 6.58. The summed E-state index contributed by atoms with van der Waals surface area (Å²) in [6.45, 7) is 6.84. The number of nitrogens with zero attached hydrogens (tertiary/aromatic N) is 5. The lowest BCUT2D eigenvalue weighted by atomic mass is 10.0. The maximum atomic E-state index is 13.1. The van der Waals surface area contributed by atoms with Gasteiger partial charge in [-0.15, -0.1) is 0 Å². The van der Waals surface area contributed by atoms with Crippen LogP contribution in [0, 0.1) is 6.92 Å². The number of fused-ring (bicyclic) bond motifs is 2. The van der Waals surface area contributed by atoms with Crippen molar-refractivity contribution in [3.8, 4) is 16.9 Å². The lowest BCUT2D eigenvalue weighted by Crippen LogP contribution is -2.29. The van der Waals surface area contributed by atoms with Gasteiger partial charge in [-0.2, -0.15) is 0 Å². The Hall–Kier alpha value is -3.59. The largest absolute Gasteiger partial charge is 0.491 e. The van der Waals surface area contributed by atoms with Crippen LogP contribution in [-0.4, -0.2) is 52.1 Å². The number of anilines is 1. The van der Waals surface area contributed by atoms with E-state index in [0.29, 0.717) is 30.7 Å². The fourth-order valence-electron chi connectivity index (χ4n) is 4.86. The first-order valence-corrected chi connectivity index (χ1v) is 12.6. The van der Waals surface area contributed by atoms with Crippen molar-refractivity contribution in [1.29, 1.82) is 0 Å². The van der Waals surface area contributed by atoms with Gasteiger partial charge in [0.2, 0.25) is 0 Å². The molecule has 0 fully saturated rings. The monoisotopic (exact) mass is 506 g/mol. The van der Waals surface area contributed by atoms with Gasteiger partial charge in [-0.25, -0.2) is 23.7 Å². The van der Waals surface area contributed by atoms with Crippen molar-refractivity contribution in [3.05, 3.63) is 64.9 Å². The summed E-state index contributed by atoms with van der Waals surface area (Å²) in [7, 11) is 4.04. The number of aryl methyl sites for hydroxylation is 1. The Morgan fingerprint density at radius 2 is 1.86 bits per heavy atom. The molecular weight excluding hydrogens is 474 g/mol. The normalized spacial score (nSPS) is 13.8. The van der Waals surface area contributed by atoms with Crippen LogP contribution in [0.3, 0.4) is 0 Å². The van der Waals surface area contributed by atoms with Gasteiger partial charge >= 0.3 is 0 Å². The SMILES string of the molecule is CCCc1c(C)nc(CN(C)C)nc1N1CCOc2ccc(-c3ccc4nc(C(F)F)[nH]c4c3)cc2C1. The highest BCUT2D eigenvalue weighted by Gasteiger charge is 2.22. The minimum Gasteiger partial charge on any atom is -0.491 e. The molecule has 2 aromatic heterocycles. The number of imidazole rings is 1. The Labute approximate surface area is 215 Å². The molecule has 0 bridgehead atoms. The molecule has 3 heterocycles. The first-order chi connectivity index (χ1) is 17.8. The Balaban J connectivity index is 1.50. The summed E-state index contributed by atoms with van der Waals surface area (Å²) < 4.78 is 32.3. The number of H-pyrrole nitrogens is 1. The van der Waals surface area contributed by atoms with Crippen LogP contribution >= 0.6 is 0 Å². The molecule has 37 heavy (non-hydrogen) atoms. The van der Waals surface area contributed by atoms with Crippen LogP contribution in [-0.2, 0) is 19.5 Å². The molecule has 0 aliphatic carbocycles. The van der Waals surface area contributed by atoms with Crippen molar-refractivity contribution in [2.45, 2.75) is 46.2 Å². The second-order valence-electron chi connectivity index (χ2n) is 9.76. The minimum absolute atomic E-state index is 0.310. The first-order valence-electron chi connectivity index (χ1n) is 12.6. The molecule has 0 unspecified atom stereocenters. The van der Waals surface area contributed by atoms with Crippen LogP contribution in [0.2, 0.25) is 0 Å². The van der Waals surface area contributed by atoms with E-state index in [1.165, 1.54) is 5.56 Å². The number of alkyl halides is 2. The van der Waals surface area contributed by atoms with E-state index in [4.69, 9.17) is 14.7 Å². The van der Waals surface area contributed by atoms with Crippen LogP contribution in [0.25, 0.3) is 22.2 Å². The third kappa shape index (κ3) is 5.27. The van der Waals surface area contributed by atoms with Crippen LogP contribution in [0.15, 0.2) is 36.4 Å². The summed E-state index contributed by atoms with van der Waals surface area (Å²) in [4.78, 5) is 20.9. The molecule has 0 saturated carbocycles. The smallest absolute Gasteiger partial charge is 0.295 e. The number of ether oxygens (including phenoxy) is 1. The third-order valence-electron chi connectivity index (χ3n) is 6.58. The van der Waals surface area contributed by atoms with Gasteiger partial charge in [0.25, 0.3) is 6.43 Å². The zero-order chi connectivity index (χ0) is 26.1. The number of aromatic nitrogens is 4. The van der Waals surface area contributed by atoms with Gasteiger partial charge < -0.3 is 19.5 Å².